The average Bonchev–Trinajstić information content (AvgIpc) is 2.26. The Bertz CT molecular complexity index is 385. The zero-order valence-corrected chi connectivity index (χ0v) is 10.7. The SMILES string of the molecule is CSc1ccc(CN2CC(CC(=O)O)C2)cc1. The Morgan fingerprint density at radius 1 is 1.41 bits per heavy atom. The minimum Gasteiger partial charge on any atom is -0.481 e. The molecule has 92 valence electrons. The van der Waals surface area contributed by atoms with Crippen LogP contribution >= 0.6 is 11.8 Å². The Hall–Kier alpha value is -1.00. The van der Waals surface area contributed by atoms with Crippen LogP contribution in [0.5, 0.6) is 0 Å². The summed E-state index contributed by atoms with van der Waals surface area (Å²) in [6, 6.07) is 8.57. The number of carboxylic acid groups (broad SMARTS) is 1. The van der Waals surface area contributed by atoms with Gasteiger partial charge in [0.2, 0.25) is 0 Å². The van der Waals surface area contributed by atoms with Crippen LogP contribution in [0.1, 0.15) is 12.0 Å². The van der Waals surface area contributed by atoms with Gasteiger partial charge in [-0.15, -0.1) is 11.8 Å². The minimum absolute atomic E-state index is 0.307. The molecular formula is C13H17NO2S. The van der Waals surface area contributed by atoms with Crippen molar-refractivity contribution in [3.63, 3.8) is 0 Å². The lowest BCUT2D eigenvalue weighted by molar-refractivity contribution is -0.139. The fourth-order valence-corrected chi connectivity index (χ4v) is 2.58. The Balaban J connectivity index is 1.77. The smallest absolute Gasteiger partial charge is 0.303 e. The number of rotatable bonds is 5. The number of carbonyl (C=O) groups is 1. The van der Waals surface area contributed by atoms with Crippen molar-refractivity contribution in [1.82, 2.24) is 4.90 Å². The lowest BCUT2D eigenvalue weighted by Gasteiger charge is -2.38. The molecule has 1 heterocycles. The molecule has 1 aromatic carbocycles. The first-order valence-electron chi connectivity index (χ1n) is 5.74. The van der Waals surface area contributed by atoms with Crippen molar-refractivity contribution in [2.75, 3.05) is 19.3 Å². The van der Waals surface area contributed by atoms with E-state index in [0.717, 1.165) is 19.6 Å². The predicted octanol–water partition coefficient (Wildman–Crippen LogP) is 2.32. The molecule has 1 aliphatic rings. The highest BCUT2D eigenvalue weighted by molar-refractivity contribution is 7.98. The van der Waals surface area contributed by atoms with Crippen LogP contribution in [0.15, 0.2) is 29.2 Å². The van der Waals surface area contributed by atoms with Gasteiger partial charge in [0.25, 0.3) is 0 Å². The van der Waals surface area contributed by atoms with Crippen LogP contribution in [-0.4, -0.2) is 35.3 Å². The van der Waals surface area contributed by atoms with Crippen molar-refractivity contribution >= 4 is 17.7 Å². The quantitative estimate of drug-likeness (QED) is 0.815. The van der Waals surface area contributed by atoms with Gasteiger partial charge < -0.3 is 5.11 Å². The van der Waals surface area contributed by atoms with E-state index in [1.165, 1.54) is 10.5 Å². The van der Waals surface area contributed by atoms with Crippen LogP contribution in [0, 0.1) is 5.92 Å². The molecule has 0 aromatic heterocycles. The Kier molecular flexibility index (Phi) is 4.07. The van der Waals surface area contributed by atoms with E-state index in [0.29, 0.717) is 12.3 Å². The summed E-state index contributed by atoms with van der Waals surface area (Å²) in [7, 11) is 0. The summed E-state index contributed by atoms with van der Waals surface area (Å²) in [5, 5.41) is 8.66. The summed E-state index contributed by atoms with van der Waals surface area (Å²) in [4.78, 5) is 14.1. The molecule has 0 bridgehead atoms. The molecule has 0 saturated carbocycles. The normalized spacial score (nSPS) is 16.8. The topological polar surface area (TPSA) is 40.5 Å². The van der Waals surface area contributed by atoms with Crippen molar-refractivity contribution in [2.24, 2.45) is 5.92 Å². The van der Waals surface area contributed by atoms with E-state index in [1.54, 1.807) is 11.8 Å². The third kappa shape index (κ3) is 3.48. The molecule has 0 unspecified atom stereocenters. The maximum absolute atomic E-state index is 10.5. The number of thioether (sulfide) groups is 1. The van der Waals surface area contributed by atoms with Crippen molar-refractivity contribution in [3.8, 4) is 0 Å². The molecule has 1 aromatic rings. The Morgan fingerprint density at radius 3 is 2.59 bits per heavy atom. The van der Waals surface area contributed by atoms with E-state index in [-0.39, 0.29) is 0 Å². The van der Waals surface area contributed by atoms with Crippen molar-refractivity contribution in [2.45, 2.75) is 17.9 Å². The summed E-state index contributed by atoms with van der Waals surface area (Å²) in [6.45, 7) is 2.76. The maximum Gasteiger partial charge on any atom is 0.303 e. The first-order chi connectivity index (χ1) is 8.17. The third-order valence-corrected chi connectivity index (χ3v) is 3.80. The molecule has 0 atom stereocenters. The van der Waals surface area contributed by atoms with Gasteiger partial charge in [-0.3, -0.25) is 9.69 Å². The van der Waals surface area contributed by atoms with Gasteiger partial charge in [-0.25, -0.2) is 0 Å². The van der Waals surface area contributed by atoms with Crippen molar-refractivity contribution in [1.29, 1.82) is 0 Å². The molecule has 1 N–H and O–H groups in total. The molecule has 1 fully saturated rings. The van der Waals surface area contributed by atoms with Crippen LogP contribution in [0.25, 0.3) is 0 Å². The van der Waals surface area contributed by atoms with Gasteiger partial charge >= 0.3 is 5.97 Å². The lowest BCUT2D eigenvalue weighted by Crippen LogP contribution is -2.46. The monoisotopic (exact) mass is 251 g/mol. The maximum atomic E-state index is 10.5. The average molecular weight is 251 g/mol. The molecule has 1 saturated heterocycles. The summed E-state index contributed by atoms with van der Waals surface area (Å²) >= 11 is 1.74. The molecule has 0 spiro atoms. The van der Waals surface area contributed by atoms with Crippen LogP contribution in [0.2, 0.25) is 0 Å². The molecule has 0 amide bonds. The highest BCUT2D eigenvalue weighted by Crippen LogP contribution is 2.22. The number of nitrogens with zero attached hydrogens (tertiary/aromatic N) is 1. The molecule has 1 aliphatic heterocycles. The van der Waals surface area contributed by atoms with Crippen LogP contribution in [-0.2, 0) is 11.3 Å². The molecule has 17 heavy (non-hydrogen) atoms. The standard InChI is InChI=1S/C13H17NO2S/c1-17-12-4-2-10(3-5-12)7-14-8-11(9-14)6-13(15)16/h2-5,11H,6-9H2,1H3,(H,15,16). The summed E-state index contributed by atoms with van der Waals surface area (Å²) in [5.74, 6) is -0.336. The zero-order valence-electron chi connectivity index (χ0n) is 9.93. The molecule has 2 rings (SSSR count). The van der Waals surface area contributed by atoms with Crippen molar-refractivity contribution in [3.05, 3.63) is 29.8 Å². The van der Waals surface area contributed by atoms with E-state index in [2.05, 4.69) is 35.4 Å². The zero-order chi connectivity index (χ0) is 12.3. The number of hydrogen-bond donors (Lipinski definition) is 1. The Morgan fingerprint density at radius 2 is 2.06 bits per heavy atom. The molecular weight excluding hydrogens is 234 g/mol. The van der Waals surface area contributed by atoms with Crippen LogP contribution in [0.3, 0.4) is 0 Å². The van der Waals surface area contributed by atoms with Crippen LogP contribution < -0.4 is 0 Å². The third-order valence-electron chi connectivity index (χ3n) is 3.06. The van der Waals surface area contributed by atoms with Gasteiger partial charge in [0.1, 0.15) is 0 Å². The highest BCUT2D eigenvalue weighted by atomic mass is 32.2. The van der Waals surface area contributed by atoms with Gasteiger partial charge in [0.05, 0.1) is 6.42 Å². The lowest BCUT2D eigenvalue weighted by atomic mass is 9.96. The number of benzene rings is 1. The van der Waals surface area contributed by atoms with E-state index >= 15 is 0 Å². The number of carboxylic acids is 1. The summed E-state index contributed by atoms with van der Waals surface area (Å²) < 4.78 is 0. The minimum atomic E-state index is -0.682. The fourth-order valence-electron chi connectivity index (χ4n) is 2.17. The van der Waals surface area contributed by atoms with E-state index in [1.807, 2.05) is 0 Å². The van der Waals surface area contributed by atoms with E-state index < -0.39 is 5.97 Å². The van der Waals surface area contributed by atoms with Gasteiger partial charge in [-0.2, -0.15) is 0 Å². The molecule has 4 heteroatoms. The van der Waals surface area contributed by atoms with Gasteiger partial charge in [-0.1, -0.05) is 12.1 Å². The first-order valence-corrected chi connectivity index (χ1v) is 6.97. The number of likely N-dealkylation sites (tertiary alicyclic amines) is 1. The van der Waals surface area contributed by atoms with E-state index in [9.17, 15) is 4.79 Å². The van der Waals surface area contributed by atoms with Crippen LogP contribution in [0.4, 0.5) is 0 Å². The van der Waals surface area contributed by atoms with Gasteiger partial charge in [0.15, 0.2) is 0 Å². The first kappa shape index (κ1) is 12.5. The van der Waals surface area contributed by atoms with Crippen molar-refractivity contribution < 1.29 is 9.90 Å². The molecule has 3 nitrogen and oxygen atoms in total. The highest BCUT2D eigenvalue weighted by Gasteiger charge is 2.28. The fraction of sp³-hybridized carbons (Fsp3) is 0.462. The Labute approximate surface area is 106 Å². The number of aliphatic carboxylic acids is 1. The van der Waals surface area contributed by atoms with E-state index in [4.69, 9.17) is 5.11 Å². The van der Waals surface area contributed by atoms with Gasteiger partial charge in [0, 0.05) is 24.5 Å². The van der Waals surface area contributed by atoms with Gasteiger partial charge in [-0.05, 0) is 29.9 Å². The summed E-state index contributed by atoms with van der Waals surface area (Å²) in [6.07, 6.45) is 2.38. The summed E-state index contributed by atoms with van der Waals surface area (Å²) in [5.41, 5.74) is 1.30. The second-order valence-electron chi connectivity index (χ2n) is 4.51. The largest absolute Gasteiger partial charge is 0.481 e. The predicted molar refractivity (Wildman–Crippen MR) is 69.2 cm³/mol. The molecule has 0 aliphatic carbocycles. The second kappa shape index (κ2) is 5.56. The number of hydrogen-bond acceptors (Lipinski definition) is 3. The molecule has 0 radical (unpaired) electrons. The second-order valence-corrected chi connectivity index (χ2v) is 5.39.